The van der Waals surface area contributed by atoms with E-state index in [1.54, 1.807) is 6.07 Å². The predicted octanol–water partition coefficient (Wildman–Crippen LogP) is 1.43. The lowest BCUT2D eigenvalue weighted by molar-refractivity contribution is -0.120. The number of benzene rings is 1. The second kappa shape index (κ2) is 7.82. The zero-order chi connectivity index (χ0) is 16.8. The van der Waals surface area contributed by atoms with Crippen LogP contribution in [0.15, 0.2) is 12.1 Å². The minimum atomic E-state index is -0.549. The fraction of sp³-hybridized carbons (Fsp3) is 0.500. The molecule has 0 radical (unpaired) electrons. The molecule has 1 saturated heterocycles. The van der Waals surface area contributed by atoms with Crippen molar-refractivity contribution in [3.63, 3.8) is 0 Å². The number of esters is 1. The molecular formula is C16H22N2O5. The topological polar surface area (TPSA) is 85.9 Å². The number of hydrogen-bond acceptors (Lipinski definition) is 6. The Morgan fingerprint density at radius 1 is 1.09 bits per heavy atom. The van der Waals surface area contributed by atoms with Crippen LogP contribution < -0.4 is 20.1 Å². The van der Waals surface area contributed by atoms with Crippen molar-refractivity contribution in [3.05, 3.63) is 17.7 Å². The lowest BCUT2D eigenvalue weighted by atomic mass is 9.97. The minimum Gasteiger partial charge on any atom is -0.493 e. The van der Waals surface area contributed by atoms with Gasteiger partial charge in [-0.1, -0.05) is 0 Å². The monoisotopic (exact) mass is 322 g/mol. The summed E-state index contributed by atoms with van der Waals surface area (Å²) in [4.78, 5) is 24.4. The van der Waals surface area contributed by atoms with Gasteiger partial charge in [0, 0.05) is 18.1 Å². The Balaban J connectivity index is 2.30. The van der Waals surface area contributed by atoms with Gasteiger partial charge in [0.1, 0.15) is 0 Å². The van der Waals surface area contributed by atoms with E-state index < -0.39 is 5.97 Å². The highest BCUT2D eigenvalue weighted by Gasteiger charge is 2.24. The van der Waals surface area contributed by atoms with Crippen LogP contribution in [-0.2, 0) is 9.53 Å². The molecule has 2 rings (SSSR count). The fourth-order valence-corrected chi connectivity index (χ4v) is 2.58. The summed E-state index contributed by atoms with van der Waals surface area (Å²) in [6.07, 6.45) is 1.54. The van der Waals surface area contributed by atoms with E-state index in [0.717, 1.165) is 25.9 Å². The summed E-state index contributed by atoms with van der Waals surface area (Å²) in [5.74, 6) is 0.0961. The molecule has 0 bridgehead atoms. The Labute approximate surface area is 135 Å². The summed E-state index contributed by atoms with van der Waals surface area (Å²) in [5.41, 5.74) is 0.588. The van der Waals surface area contributed by atoms with E-state index in [4.69, 9.17) is 14.2 Å². The van der Waals surface area contributed by atoms with Crippen molar-refractivity contribution in [2.75, 3.05) is 39.7 Å². The second-order valence-electron chi connectivity index (χ2n) is 5.26. The van der Waals surface area contributed by atoms with E-state index in [0.29, 0.717) is 17.2 Å². The molecule has 7 nitrogen and oxygen atoms in total. The van der Waals surface area contributed by atoms with Crippen molar-refractivity contribution in [2.24, 2.45) is 5.92 Å². The Kier molecular flexibility index (Phi) is 5.81. The highest BCUT2D eigenvalue weighted by Crippen LogP contribution is 2.34. The Hall–Kier alpha value is -2.28. The van der Waals surface area contributed by atoms with Crippen molar-refractivity contribution in [3.8, 4) is 11.5 Å². The maximum atomic E-state index is 12.4. The third-order valence-corrected chi connectivity index (χ3v) is 3.90. The van der Waals surface area contributed by atoms with Crippen molar-refractivity contribution in [1.29, 1.82) is 0 Å². The molecule has 1 heterocycles. The van der Waals surface area contributed by atoms with Crippen LogP contribution in [0, 0.1) is 5.92 Å². The van der Waals surface area contributed by atoms with Gasteiger partial charge in [-0.05, 0) is 25.9 Å². The fourth-order valence-electron chi connectivity index (χ4n) is 2.58. The predicted molar refractivity (Wildman–Crippen MR) is 85.1 cm³/mol. The highest BCUT2D eigenvalue weighted by molar-refractivity contribution is 6.02. The molecule has 1 aromatic rings. The smallest absolute Gasteiger partial charge is 0.340 e. The molecule has 2 N–H and O–H groups in total. The first kappa shape index (κ1) is 17.1. The molecule has 0 aliphatic carbocycles. The first-order chi connectivity index (χ1) is 11.1. The molecule has 0 aromatic heterocycles. The Bertz CT molecular complexity index is 582. The van der Waals surface area contributed by atoms with Crippen LogP contribution in [-0.4, -0.2) is 46.3 Å². The van der Waals surface area contributed by atoms with Gasteiger partial charge in [-0.25, -0.2) is 4.79 Å². The summed E-state index contributed by atoms with van der Waals surface area (Å²) >= 11 is 0. The summed E-state index contributed by atoms with van der Waals surface area (Å²) in [7, 11) is 4.26. The number of rotatable bonds is 5. The molecule has 1 aliphatic rings. The maximum absolute atomic E-state index is 12.4. The van der Waals surface area contributed by atoms with Crippen molar-refractivity contribution in [1.82, 2.24) is 5.32 Å². The summed E-state index contributed by atoms with van der Waals surface area (Å²) in [5, 5.41) is 6.03. The number of carbonyl (C=O) groups is 2. The molecule has 0 atom stereocenters. The largest absolute Gasteiger partial charge is 0.493 e. The van der Waals surface area contributed by atoms with Crippen molar-refractivity contribution in [2.45, 2.75) is 12.8 Å². The first-order valence-corrected chi connectivity index (χ1v) is 7.46. The van der Waals surface area contributed by atoms with Gasteiger partial charge < -0.3 is 24.8 Å². The van der Waals surface area contributed by atoms with Crippen LogP contribution in [0.4, 0.5) is 5.69 Å². The van der Waals surface area contributed by atoms with Gasteiger partial charge in [0.25, 0.3) is 0 Å². The van der Waals surface area contributed by atoms with E-state index in [-0.39, 0.29) is 17.4 Å². The molecule has 23 heavy (non-hydrogen) atoms. The van der Waals surface area contributed by atoms with E-state index in [1.807, 2.05) is 0 Å². The average molecular weight is 322 g/mol. The highest BCUT2D eigenvalue weighted by atomic mass is 16.5. The Morgan fingerprint density at radius 3 is 2.26 bits per heavy atom. The number of hydrogen-bond donors (Lipinski definition) is 2. The third kappa shape index (κ3) is 3.92. The van der Waals surface area contributed by atoms with E-state index in [9.17, 15) is 9.59 Å². The zero-order valence-electron chi connectivity index (χ0n) is 13.6. The van der Waals surface area contributed by atoms with Crippen molar-refractivity contribution >= 4 is 17.6 Å². The molecule has 1 aromatic carbocycles. The van der Waals surface area contributed by atoms with Crippen LogP contribution in [0.3, 0.4) is 0 Å². The number of ether oxygens (including phenoxy) is 3. The molecule has 7 heteroatoms. The van der Waals surface area contributed by atoms with Gasteiger partial charge in [-0.2, -0.15) is 0 Å². The van der Waals surface area contributed by atoms with Gasteiger partial charge in [-0.3, -0.25) is 4.79 Å². The maximum Gasteiger partial charge on any atom is 0.340 e. The van der Waals surface area contributed by atoms with Gasteiger partial charge in [0.15, 0.2) is 11.5 Å². The normalized spacial score (nSPS) is 14.9. The molecule has 1 fully saturated rings. The quantitative estimate of drug-likeness (QED) is 0.798. The lowest BCUT2D eigenvalue weighted by Crippen LogP contribution is -2.34. The SMILES string of the molecule is COC(=O)c1cc(OC)c(OC)cc1NC(=O)C1CCNCC1. The third-order valence-electron chi connectivity index (χ3n) is 3.90. The first-order valence-electron chi connectivity index (χ1n) is 7.46. The van der Waals surface area contributed by atoms with E-state index in [2.05, 4.69) is 10.6 Å². The summed E-state index contributed by atoms with van der Waals surface area (Å²) < 4.78 is 15.2. The number of nitrogens with one attached hydrogen (secondary N) is 2. The minimum absolute atomic E-state index is 0.0742. The van der Waals surface area contributed by atoms with E-state index >= 15 is 0 Å². The number of piperidine rings is 1. The van der Waals surface area contributed by atoms with Crippen LogP contribution in [0.5, 0.6) is 11.5 Å². The average Bonchev–Trinajstić information content (AvgIpc) is 2.61. The van der Waals surface area contributed by atoms with Crippen LogP contribution >= 0.6 is 0 Å². The van der Waals surface area contributed by atoms with Gasteiger partial charge >= 0.3 is 5.97 Å². The van der Waals surface area contributed by atoms with E-state index in [1.165, 1.54) is 27.4 Å². The zero-order valence-corrected chi connectivity index (χ0v) is 13.6. The standard InChI is InChI=1S/C16H22N2O5/c1-21-13-8-11(16(20)23-3)12(9-14(13)22-2)18-15(19)10-4-6-17-7-5-10/h8-10,17H,4-7H2,1-3H3,(H,18,19). The van der Waals surface area contributed by atoms with Gasteiger partial charge in [0.2, 0.25) is 5.91 Å². The molecule has 0 spiro atoms. The number of amides is 1. The molecule has 1 amide bonds. The van der Waals surface area contributed by atoms with Crippen molar-refractivity contribution < 1.29 is 23.8 Å². The molecule has 0 unspecified atom stereocenters. The summed E-state index contributed by atoms with van der Waals surface area (Å²) in [6, 6.07) is 3.08. The molecular weight excluding hydrogens is 300 g/mol. The number of carbonyl (C=O) groups excluding carboxylic acids is 2. The second-order valence-corrected chi connectivity index (χ2v) is 5.26. The Morgan fingerprint density at radius 2 is 1.70 bits per heavy atom. The van der Waals surface area contributed by atoms with Crippen LogP contribution in [0.1, 0.15) is 23.2 Å². The number of methoxy groups -OCH3 is 3. The molecule has 126 valence electrons. The van der Waals surface area contributed by atoms with Crippen LogP contribution in [0.2, 0.25) is 0 Å². The van der Waals surface area contributed by atoms with Gasteiger partial charge in [0.05, 0.1) is 32.6 Å². The molecule has 1 aliphatic heterocycles. The summed E-state index contributed by atoms with van der Waals surface area (Å²) in [6.45, 7) is 1.63. The van der Waals surface area contributed by atoms with Gasteiger partial charge in [-0.15, -0.1) is 0 Å². The molecule has 0 saturated carbocycles. The lowest BCUT2D eigenvalue weighted by Gasteiger charge is -2.22. The van der Waals surface area contributed by atoms with Crippen LogP contribution in [0.25, 0.3) is 0 Å². The number of anilines is 1.